The predicted molar refractivity (Wildman–Crippen MR) is 78.8 cm³/mol. The summed E-state index contributed by atoms with van der Waals surface area (Å²) in [5.74, 6) is 0.708. The van der Waals surface area contributed by atoms with E-state index in [1.165, 1.54) is 0 Å². The van der Waals surface area contributed by atoms with Crippen LogP contribution in [0.4, 0.5) is 0 Å². The fourth-order valence-electron chi connectivity index (χ4n) is 3.58. The van der Waals surface area contributed by atoms with Gasteiger partial charge in [-0.2, -0.15) is 0 Å². The number of nitrogens with one attached hydrogen (secondary N) is 2. The van der Waals surface area contributed by atoms with Gasteiger partial charge in [-0.1, -0.05) is 0 Å². The van der Waals surface area contributed by atoms with Gasteiger partial charge in [0.05, 0.1) is 6.54 Å². The van der Waals surface area contributed by atoms with Crippen molar-refractivity contribution in [2.45, 2.75) is 13.0 Å². The Morgan fingerprint density at radius 2 is 2.24 bits per heavy atom. The quantitative estimate of drug-likeness (QED) is 0.810. The molecule has 3 atom stereocenters. The highest BCUT2D eigenvalue weighted by Gasteiger charge is 2.42. The predicted octanol–water partition coefficient (Wildman–Crippen LogP) is -0.179. The summed E-state index contributed by atoms with van der Waals surface area (Å²) in [6.45, 7) is 5.47. The van der Waals surface area contributed by atoms with Crippen LogP contribution in [0.5, 0.6) is 0 Å². The Hall–Kier alpha value is -1.66. The highest BCUT2D eigenvalue weighted by atomic mass is 16.2. The van der Waals surface area contributed by atoms with Crippen LogP contribution in [0.3, 0.4) is 0 Å². The largest absolute Gasteiger partial charge is 0.347 e. The van der Waals surface area contributed by atoms with Crippen LogP contribution in [0.25, 0.3) is 0 Å². The maximum Gasteiger partial charge on any atom is 0.274 e. The number of carbonyl (C=O) groups excluding carboxylic acids is 2. The van der Waals surface area contributed by atoms with Gasteiger partial charge in [-0.3, -0.25) is 19.8 Å². The Bertz CT molecular complexity index is 554. The number of hydrogen-bond acceptors (Lipinski definition) is 4. The van der Waals surface area contributed by atoms with Gasteiger partial charge in [-0.05, 0) is 44.0 Å². The Morgan fingerprint density at radius 3 is 2.90 bits per heavy atom. The summed E-state index contributed by atoms with van der Waals surface area (Å²) in [7, 11) is 1.79. The van der Waals surface area contributed by atoms with E-state index >= 15 is 0 Å². The Morgan fingerprint density at radius 1 is 1.43 bits per heavy atom. The number of likely N-dealkylation sites (tertiary alicyclic amines) is 1. The molecular weight excluding hydrogens is 268 g/mol. The molecule has 3 heterocycles. The van der Waals surface area contributed by atoms with E-state index in [2.05, 4.69) is 22.5 Å². The second kappa shape index (κ2) is 5.61. The Labute approximate surface area is 124 Å². The van der Waals surface area contributed by atoms with Crippen LogP contribution in [0.2, 0.25) is 0 Å². The molecule has 2 amide bonds. The van der Waals surface area contributed by atoms with Crippen molar-refractivity contribution in [1.82, 2.24) is 20.1 Å². The van der Waals surface area contributed by atoms with Gasteiger partial charge in [-0.15, -0.1) is 0 Å². The topological polar surface area (TPSA) is 66.4 Å². The van der Waals surface area contributed by atoms with Crippen molar-refractivity contribution in [3.63, 3.8) is 0 Å². The van der Waals surface area contributed by atoms with Gasteiger partial charge in [0.25, 0.3) is 5.91 Å². The molecule has 0 saturated carbocycles. The van der Waals surface area contributed by atoms with Crippen LogP contribution in [0.15, 0.2) is 18.3 Å². The van der Waals surface area contributed by atoms with E-state index in [0.717, 1.165) is 19.6 Å². The molecule has 2 aliphatic rings. The van der Waals surface area contributed by atoms with Crippen molar-refractivity contribution in [2.24, 2.45) is 18.9 Å². The molecule has 6 heteroatoms. The molecule has 0 spiro atoms. The fourth-order valence-corrected chi connectivity index (χ4v) is 3.58. The standard InChI is InChI=1S/C15H22N4O2/c1-10-12-7-16-6-11(12)8-19(10)9-14(20)17-15(21)13-4-3-5-18(13)2/h3-5,10-12,16H,6-9H2,1-2H3,(H,17,20,21). The van der Waals surface area contributed by atoms with Crippen molar-refractivity contribution in [3.8, 4) is 0 Å². The summed E-state index contributed by atoms with van der Waals surface area (Å²) >= 11 is 0. The number of nitrogens with zero attached hydrogens (tertiary/aromatic N) is 2. The summed E-state index contributed by atoms with van der Waals surface area (Å²) in [6, 6.07) is 3.88. The average Bonchev–Trinajstić information content (AvgIpc) is 3.10. The normalized spacial score (nSPS) is 28.6. The van der Waals surface area contributed by atoms with E-state index in [4.69, 9.17) is 0 Å². The first-order chi connectivity index (χ1) is 10.1. The van der Waals surface area contributed by atoms with Gasteiger partial charge < -0.3 is 9.88 Å². The summed E-state index contributed by atoms with van der Waals surface area (Å²) < 4.78 is 1.71. The maximum atomic E-state index is 12.1. The lowest BCUT2D eigenvalue weighted by Crippen LogP contribution is -2.43. The minimum absolute atomic E-state index is 0.221. The van der Waals surface area contributed by atoms with Gasteiger partial charge >= 0.3 is 0 Å². The number of aromatic nitrogens is 1. The molecule has 2 saturated heterocycles. The number of fused-ring (bicyclic) bond motifs is 1. The lowest BCUT2D eigenvalue weighted by molar-refractivity contribution is -0.121. The van der Waals surface area contributed by atoms with E-state index in [1.807, 2.05) is 0 Å². The number of hydrogen-bond donors (Lipinski definition) is 2. The summed E-state index contributed by atoms with van der Waals surface area (Å²) in [5.41, 5.74) is 0.499. The average molecular weight is 290 g/mol. The molecule has 3 rings (SSSR count). The van der Waals surface area contributed by atoms with Crippen LogP contribution >= 0.6 is 0 Å². The van der Waals surface area contributed by atoms with Crippen LogP contribution in [0, 0.1) is 11.8 Å². The number of carbonyl (C=O) groups is 2. The zero-order valence-electron chi connectivity index (χ0n) is 12.5. The van der Waals surface area contributed by atoms with Crippen molar-refractivity contribution >= 4 is 11.8 Å². The molecule has 0 bridgehead atoms. The highest BCUT2D eigenvalue weighted by molar-refractivity contribution is 6.04. The fraction of sp³-hybridized carbons (Fsp3) is 0.600. The van der Waals surface area contributed by atoms with Crippen LogP contribution in [-0.2, 0) is 11.8 Å². The van der Waals surface area contributed by atoms with Crippen LogP contribution < -0.4 is 10.6 Å². The Balaban J connectivity index is 1.55. The van der Waals surface area contributed by atoms with E-state index in [1.54, 1.807) is 29.9 Å². The molecule has 0 radical (unpaired) electrons. The van der Waals surface area contributed by atoms with E-state index in [-0.39, 0.29) is 11.8 Å². The first-order valence-corrected chi connectivity index (χ1v) is 7.46. The second-order valence-electron chi connectivity index (χ2n) is 6.13. The van der Waals surface area contributed by atoms with Crippen LogP contribution in [0.1, 0.15) is 17.4 Å². The SMILES string of the molecule is CC1C2CNCC2CN1CC(=O)NC(=O)c1cccn1C. The maximum absolute atomic E-state index is 12.1. The minimum atomic E-state index is -0.332. The van der Waals surface area contributed by atoms with Gasteiger partial charge in [0.1, 0.15) is 5.69 Å². The summed E-state index contributed by atoms with van der Waals surface area (Å²) in [5, 5.41) is 5.88. The summed E-state index contributed by atoms with van der Waals surface area (Å²) in [6.07, 6.45) is 1.79. The molecule has 21 heavy (non-hydrogen) atoms. The first kappa shape index (κ1) is 14.3. The molecule has 2 fully saturated rings. The second-order valence-corrected chi connectivity index (χ2v) is 6.13. The molecule has 6 nitrogen and oxygen atoms in total. The first-order valence-electron chi connectivity index (χ1n) is 7.46. The smallest absolute Gasteiger partial charge is 0.274 e. The van der Waals surface area contributed by atoms with Gasteiger partial charge in [-0.25, -0.2) is 0 Å². The third kappa shape index (κ3) is 2.73. The minimum Gasteiger partial charge on any atom is -0.347 e. The monoisotopic (exact) mass is 290 g/mol. The van der Waals surface area contributed by atoms with Crippen molar-refractivity contribution in [3.05, 3.63) is 24.0 Å². The van der Waals surface area contributed by atoms with Gasteiger partial charge in [0, 0.05) is 25.8 Å². The van der Waals surface area contributed by atoms with E-state index in [0.29, 0.717) is 30.1 Å². The molecule has 114 valence electrons. The zero-order valence-corrected chi connectivity index (χ0v) is 12.5. The molecule has 2 N–H and O–H groups in total. The van der Waals surface area contributed by atoms with E-state index in [9.17, 15) is 9.59 Å². The van der Waals surface area contributed by atoms with E-state index < -0.39 is 0 Å². The molecule has 2 aliphatic heterocycles. The van der Waals surface area contributed by atoms with Crippen LogP contribution in [-0.4, -0.2) is 53.5 Å². The molecule has 1 aromatic rings. The number of imide groups is 1. The molecule has 3 unspecified atom stereocenters. The lowest BCUT2D eigenvalue weighted by atomic mass is 9.95. The molecule has 0 aliphatic carbocycles. The molecular formula is C15H22N4O2. The number of aryl methyl sites for hydroxylation is 1. The molecule has 0 aromatic carbocycles. The lowest BCUT2D eigenvalue weighted by Gasteiger charge is -2.23. The van der Waals surface area contributed by atoms with Gasteiger partial charge in [0.15, 0.2) is 0 Å². The van der Waals surface area contributed by atoms with Crippen molar-refractivity contribution in [1.29, 1.82) is 0 Å². The number of rotatable bonds is 3. The summed E-state index contributed by atoms with van der Waals surface area (Å²) in [4.78, 5) is 26.3. The van der Waals surface area contributed by atoms with Crippen molar-refractivity contribution < 1.29 is 9.59 Å². The zero-order chi connectivity index (χ0) is 15.0. The van der Waals surface area contributed by atoms with Gasteiger partial charge in [0.2, 0.25) is 5.91 Å². The highest BCUT2D eigenvalue weighted by Crippen LogP contribution is 2.31. The Kier molecular flexibility index (Phi) is 3.82. The molecule has 1 aromatic heterocycles. The number of amides is 2. The third-order valence-corrected chi connectivity index (χ3v) is 4.83. The third-order valence-electron chi connectivity index (χ3n) is 4.83. The van der Waals surface area contributed by atoms with Crippen molar-refractivity contribution in [2.75, 3.05) is 26.2 Å².